The van der Waals surface area contributed by atoms with Crippen LogP contribution >= 0.6 is 0 Å². The van der Waals surface area contributed by atoms with E-state index in [2.05, 4.69) is 6.92 Å². The Bertz CT molecular complexity index is 322. The van der Waals surface area contributed by atoms with E-state index in [1.165, 1.54) is 30.6 Å². The van der Waals surface area contributed by atoms with Crippen molar-refractivity contribution >= 4 is 11.9 Å². The Balaban J connectivity index is 0. The fraction of sp³-hybridized carbons (Fsp3) is 0.882. The van der Waals surface area contributed by atoms with Gasteiger partial charge in [-0.15, -0.1) is 0 Å². The fourth-order valence-corrected chi connectivity index (χ4v) is 2.69. The van der Waals surface area contributed by atoms with Crippen molar-refractivity contribution in [1.82, 2.24) is 4.90 Å². The van der Waals surface area contributed by atoms with Gasteiger partial charge in [0, 0.05) is 25.0 Å². The molecule has 0 spiro atoms. The molecule has 136 valence electrons. The fourth-order valence-electron chi connectivity index (χ4n) is 2.69. The summed E-state index contributed by atoms with van der Waals surface area (Å²) in [5.74, 6) is -2.18. The summed E-state index contributed by atoms with van der Waals surface area (Å²) < 4.78 is 0. The van der Waals surface area contributed by atoms with Gasteiger partial charge in [-0.1, -0.05) is 51.9 Å². The number of nitrogens with zero attached hydrogens (tertiary/aromatic N) is 1. The van der Waals surface area contributed by atoms with Crippen molar-refractivity contribution in [3.63, 3.8) is 0 Å². The van der Waals surface area contributed by atoms with E-state index in [0.29, 0.717) is 6.42 Å². The van der Waals surface area contributed by atoms with Gasteiger partial charge in [0.25, 0.3) is 0 Å². The molecule has 0 saturated carbocycles. The van der Waals surface area contributed by atoms with Crippen LogP contribution in [0.3, 0.4) is 0 Å². The Morgan fingerprint density at radius 3 is 1.92 bits per heavy atom. The molecular weight excluding hydrogens is 337 g/mol. The minimum absolute atomic E-state index is 0. The molecule has 0 heterocycles. The third-order valence-corrected chi connectivity index (χ3v) is 3.97. The zero-order valence-corrected chi connectivity index (χ0v) is 18.5. The molecular formula is C17H32KNO5. The Hall–Kier alpha value is 0.496. The molecule has 2 N–H and O–H groups in total. The van der Waals surface area contributed by atoms with Gasteiger partial charge in [-0.2, -0.15) is 0 Å². The maximum absolute atomic E-state index is 12.4. The van der Waals surface area contributed by atoms with Crippen molar-refractivity contribution in [3.05, 3.63) is 0 Å². The van der Waals surface area contributed by atoms with Crippen molar-refractivity contribution in [3.8, 4) is 0 Å². The summed E-state index contributed by atoms with van der Waals surface area (Å²) >= 11 is 0. The number of carboxylic acid groups (broad SMARTS) is 1. The van der Waals surface area contributed by atoms with Crippen LogP contribution < -0.4 is 56.5 Å². The quantitative estimate of drug-likeness (QED) is 0.250. The predicted molar refractivity (Wildman–Crippen MR) is 86.5 cm³/mol. The summed E-state index contributed by atoms with van der Waals surface area (Å²) in [5.41, 5.74) is 0. The van der Waals surface area contributed by atoms with Gasteiger partial charge in [0.05, 0.1) is 13.2 Å². The molecule has 0 aromatic heterocycles. The first kappa shape index (κ1) is 26.7. The second-order valence-corrected chi connectivity index (χ2v) is 5.96. The van der Waals surface area contributed by atoms with Crippen LogP contribution in [0, 0.1) is 5.92 Å². The normalized spacial score (nSPS) is 11.6. The second-order valence-electron chi connectivity index (χ2n) is 5.96. The topological polar surface area (TPSA) is 101 Å². The van der Waals surface area contributed by atoms with Crippen LogP contribution in [-0.4, -0.2) is 53.3 Å². The number of aliphatic carboxylic acids is 1. The molecule has 7 heteroatoms. The maximum atomic E-state index is 12.4. The van der Waals surface area contributed by atoms with Gasteiger partial charge in [0.15, 0.2) is 0 Å². The zero-order valence-electron chi connectivity index (χ0n) is 15.3. The molecule has 0 saturated heterocycles. The molecule has 1 unspecified atom stereocenters. The van der Waals surface area contributed by atoms with Gasteiger partial charge in [0.1, 0.15) is 0 Å². The molecule has 0 fully saturated rings. The first-order valence-electron chi connectivity index (χ1n) is 8.77. The van der Waals surface area contributed by atoms with Crippen LogP contribution in [0.5, 0.6) is 0 Å². The summed E-state index contributed by atoms with van der Waals surface area (Å²) in [6, 6.07) is 0. The number of carbonyl (C=O) groups is 2. The molecule has 0 aromatic rings. The van der Waals surface area contributed by atoms with Crippen LogP contribution in [-0.2, 0) is 9.59 Å². The third kappa shape index (κ3) is 13.7. The van der Waals surface area contributed by atoms with E-state index in [9.17, 15) is 14.7 Å². The van der Waals surface area contributed by atoms with Gasteiger partial charge >= 0.3 is 51.4 Å². The Morgan fingerprint density at radius 1 is 0.958 bits per heavy atom. The third-order valence-electron chi connectivity index (χ3n) is 3.97. The number of carboxylic acids is 1. The van der Waals surface area contributed by atoms with Crippen molar-refractivity contribution in [2.75, 3.05) is 26.3 Å². The molecule has 0 bridgehead atoms. The molecule has 1 atom stereocenters. The Labute approximate surface area is 188 Å². The summed E-state index contributed by atoms with van der Waals surface area (Å²) in [6.45, 7) is 1.98. The van der Waals surface area contributed by atoms with E-state index in [1.54, 1.807) is 0 Å². The van der Waals surface area contributed by atoms with Crippen molar-refractivity contribution in [1.29, 1.82) is 0 Å². The average Bonchev–Trinajstić information content (AvgIpc) is 2.51. The minimum atomic E-state index is -1.24. The number of rotatable bonds is 15. The second kappa shape index (κ2) is 18.3. The van der Waals surface area contributed by atoms with E-state index >= 15 is 0 Å². The number of hydrogen-bond acceptors (Lipinski definition) is 5. The van der Waals surface area contributed by atoms with Crippen molar-refractivity contribution < 1.29 is 76.3 Å². The maximum Gasteiger partial charge on any atom is 1.00 e. The molecule has 0 aliphatic heterocycles. The smallest absolute Gasteiger partial charge is 0.550 e. The van der Waals surface area contributed by atoms with E-state index < -0.39 is 11.9 Å². The van der Waals surface area contributed by atoms with E-state index in [-0.39, 0.29) is 90.0 Å². The van der Waals surface area contributed by atoms with Gasteiger partial charge in [0.2, 0.25) is 5.91 Å². The zero-order chi connectivity index (χ0) is 17.5. The molecule has 0 aliphatic carbocycles. The molecule has 0 aliphatic rings. The van der Waals surface area contributed by atoms with Gasteiger partial charge in [-0.05, 0) is 12.8 Å². The number of aliphatic hydroxyl groups excluding tert-OH is 2. The molecule has 1 amide bonds. The SMILES string of the molecule is CCCCCCCCCC(CC(=O)[O-])C(=O)N(CCO)CCO.[K+]. The van der Waals surface area contributed by atoms with Crippen LogP contribution in [0.1, 0.15) is 64.7 Å². The molecule has 24 heavy (non-hydrogen) atoms. The first-order valence-corrected chi connectivity index (χ1v) is 8.77. The summed E-state index contributed by atoms with van der Waals surface area (Å²) in [5, 5.41) is 28.9. The summed E-state index contributed by atoms with van der Waals surface area (Å²) in [4.78, 5) is 24.6. The average molecular weight is 370 g/mol. The molecule has 0 radical (unpaired) electrons. The van der Waals surface area contributed by atoms with E-state index in [1.807, 2.05) is 0 Å². The number of carbonyl (C=O) groups excluding carboxylic acids is 2. The standard InChI is InChI=1S/C17H33NO5.K/c1-2-3-4-5-6-7-8-9-15(14-16(21)22)17(23)18(10-12-19)11-13-20;/h15,19-20H,2-14H2,1H3,(H,21,22);/q;+1/p-1. The number of unbranched alkanes of at least 4 members (excludes halogenated alkanes) is 6. The van der Waals surface area contributed by atoms with Gasteiger partial charge in [-0.3, -0.25) is 4.79 Å². The summed E-state index contributed by atoms with van der Waals surface area (Å²) in [6.07, 6.45) is 7.94. The molecule has 0 aromatic carbocycles. The van der Waals surface area contributed by atoms with Crippen LogP contribution in [0.4, 0.5) is 0 Å². The number of amides is 1. The molecule has 6 nitrogen and oxygen atoms in total. The Morgan fingerprint density at radius 2 is 1.46 bits per heavy atom. The first-order chi connectivity index (χ1) is 11.1. The van der Waals surface area contributed by atoms with E-state index in [4.69, 9.17) is 10.2 Å². The monoisotopic (exact) mass is 369 g/mol. The Kier molecular flexibility index (Phi) is 20.4. The predicted octanol–water partition coefficient (Wildman–Crippen LogP) is -2.30. The van der Waals surface area contributed by atoms with Crippen molar-refractivity contribution in [2.24, 2.45) is 5.92 Å². The minimum Gasteiger partial charge on any atom is -0.550 e. The number of aliphatic hydroxyl groups is 2. The van der Waals surface area contributed by atoms with Crippen molar-refractivity contribution in [2.45, 2.75) is 64.7 Å². The van der Waals surface area contributed by atoms with Gasteiger partial charge < -0.3 is 25.0 Å². The van der Waals surface area contributed by atoms with Crippen LogP contribution in [0.2, 0.25) is 0 Å². The van der Waals surface area contributed by atoms with Gasteiger partial charge in [-0.25, -0.2) is 0 Å². The molecule has 0 rings (SSSR count). The van der Waals surface area contributed by atoms with Crippen LogP contribution in [0.25, 0.3) is 0 Å². The summed E-state index contributed by atoms with van der Waals surface area (Å²) in [7, 11) is 0. The largest absolute Gasteiger partial charge is 1.00 e. The number of hydrogen-bond donors (Lipinski definition) is 2. The van der Waals surface area contributed by atoms with E-state index in [0.717, 1.165) is 19.3 Å². The van der Waals surface area contributed by atoms with Crippen LogP contribution in [0.15, 0.2) is 0 Å².